The maximum absolute atomic E-state index is 6.17. The average Bonchev–Trinajstić information content (AvgIpc) is 2.02. The van der Waals surface area contributed by atoms with Crippen molar-refractivity contribution in [2.45, 2.75) is 46.9 Å². The second kappa shape index (κ2) is 3.35. The van der Waals surface area contributed by atoms with Gasteiger partial charge >= 0.3 is 0 Å². The summed E-state index contributed by atoms with van der Waals surface area (Å²) in [6.45, 7) is 0. The van der Waals surface area contributed by atoms with E-state index in [1.165, 1.54) is 25.7 Å². The largest absolute Gasteiger partial charge is 0.152 e. The molecule has 2 aliphatic rings. The summed E-state index contributed by atoms with van der Waals surface area (Å²) in [6, 6.07) is 0. The molecule has 0 aromatic heterocycles. The molecule has 2 rings (SSSR count). The van der Waals surface area contributed by atoms with Crippen LogP contribution in [0.15, 0.2) is 0 Å². The topological polar surface area (TPSA) is 0 Å². The lowest BCUT2D eigenvalue weighted by Gasteiger charge is -2.39. The standard InChI is InChI=1S/C8H12Cl2S/c9-5-1-3-7-6(10)2-4-8(5)11-7/h5-8H,1-4H2. The van der Waals surface area contributed by atoms with Crippen molar-refractivity contribution in [2.75, 3.05) is 0 Å². The third-order valence-corrected chi connectivity index (χ3v) is 5.78. The first-order valence-corrected chi connectivity index (χ1v) is 6.02. The Kier molecular flexibility index (Phi) is 2.60. The van der Waals surface area contributed by atoms with Gasteiger partial charge in [0.1, 0.15) is 0 Å². The summed E-state index contributed by atoms with van der Waals surface area (Å²) in [5.41, 5.74) is 0. The van der Waals surface area contributed by atoms with Gasteiger partial charge in [-0.25, -0.2) is 0 Å². The van der Waals surface area contributed by atoms with Gasteiger partial charge in [-0.05, 0) is 25.7 Å². The van der Waals surface area contributed by atoms with E-state index in [9.17, 15) is 0 Å². The molecule has 11 heavy (non-hydrogen) atoms. The van der Waals surface area contributed by atoms with E-state index in [0.29, 0.717) is 21.3 Å². The number of fused-ring (bicyclic) bond motifs is 2. The molecule has 3 heteroatoms. The minimum atomic E-state index is 0.417. The minimum Gasteiger partial charge on any atom is -0.152 e. The van der Waals surface area contributed by atoms with E-state index in [1.54, 1.807) is 0 Å². The van der Waals surface area contributed by atoms with Crippen molar-refractivity contribution in [1.82, 2.24) is 0 Å². The maximum atomic E-state index is 6.17. The molecule has 64 valence electrons. The zero-order chi connectivity index (χ0) is 7.84. The fourth-order valence-electron chi connectivity index (χ4n) is 1.91. The monoisotopic (exact) mass is 210 g/mol. The van der Waals surface area contributed by atoms with Gasteiger partial charge in [0.15, 0.2) is 0 Å². The van der Waals surface area contributed by atoms with Gasteiger partial charge < -0.3 is 0 Å². The van der Waals surface area contributed by atoms with E-state index in [2.05, 4.69) is 0 Å². The quantitative estimate of drug-likeness (QED) is 0.554. The van der Waals surface area contributed by atoms with E-state index in [0.717, 1.165) is 0 Å². The number of alkyl halides is 2. The van der Waals surface area contributed by atoms with Crippen molar-refractivity contribution in [3.63, 3.8) is 0 Å². The van der Waals surface area contributed by atoms with E-state index < -0.39 is 0 Å². The molecular weight excluding hydrogens is 199 g/mol. The second-order valence-electron chi connectivity index (χ2n) is 3.40. The van der Waals surface area contributed by atoms with Crippen LogP contribution in [-0.4, -0.2) is 21.3 Å². The highest BCUT2D eigenvalue weighted by molar-refractivity contribution is 8.00. The Bertz CT molecular complexity index is 135. The summed E-state index contributed by atoms with van der Waals surface area (Å²) in [5, 5.41) is 2.23. The van der Waals surface area contributed by atoms with E-state index in [4.69, 9.17) is 23.2 Å². The van der Waals surface area contributed by atoms with Crippen LogP contribution in [0.25, 0.3) is 0 Å². The van der Waals surface area contributed by atoms with Crippen molar-refractivity contribution in [2.24, 2.45) is 0 Å². The van der Waals surface area contributed by atoms with Crippen molar-refractivity contribution in [3.05, 3.63) is 0 Å². The van der Waals surface area contributed by atoms with Crippen molar-refractivity contribution in [3.8, 4) is 0 Å². The average molecular weight is 211 g/mol. The van der Waals surface area contributed by atoms with Gasteiger partial charge in [0, 0.05) is 21.3 Å². The zero-order valence-corrected chi connectivity index (χ0v) is 8.63. The lowest BCUT2D eigenvalue weighted by molar-refractivity contribution is 0.501. The fourth-order valence-corrected chi connectivity index (χ4v) is 4.38. The summed E-state index contributed by atoms with van der Waals surface area (Å²) in [7, 11) is 0. The molecule has 2 bridgehead atoms. The normalized spacial score (nSPS) is 50.7. The van der Waals surface area contributed by atoms with Crippen molar-refractivity contribution in [1.29, 1.82) is 0 Å². The van der Waals surface area contributed by atoms with Crippen LogP contribution in [0.1, 0.15) is 25.7 Å². The lowest BCUT2D eigenvalue weighted by atomic mass is 9.98. The van der Waals surface area contributed by atoms with E-state index in [1.807, 2.05) is 11.8 Å². The molecule has 0 spiro atoms. The molecule has 2 saturated heterocycles. The first-order valence-electron chi connectivity index (χ1n) is 4.21. The Balaban J connectivity index is 2.02. The van der Waals surface area contributed by atoms with E-state index in [-0.39, 0.29) is 0 Å². The summed E-state index contributed by atoms with van der Waals surface area (Å²) in [5.74, 6) is 0. The predicted molar refractivity (Wildman–Crippen MR) is 52.9 cm³/mol. The van der Waals surface area contributed by atoms with Gasteiger partial charge in [-0.1, -0.05) is 0 Å². The molecule has 4 atom stereocenters. The minimum absolute atomic E-state index is 0.417. The summed E-state index contributed by atoms with van der Waals surface area (Å²) in [4.78, 5) is 0. The fraction of sp³-hybridized carbons (Fsp3) is 1.00. The van der Waals surface area contributed by atoms with Crippen LogP contribution in [0.5, 0.6) is 0 Å². The van der Waals surface area contributed by atoms with Gasteiger partial charge in [-0.3, -0.25) is 0 Å². The second-order valence-corrected chi connectivity index (χ2v) is 6.00. The molecule has 0 aromatic carbocycles. The highest BCUT2D eigenvalue weighted by Gasteiger charge is 2.37. The van der Waals surface area contributed by atoms with Crippen LogP contribution in [-0.2, 0) is 0 Å². The van der Waals surface area contributed by atoms with Gasteiger partial charge in [0.25, 0.3) is 0 Å². The smallest absolute Gasteiger partial charge is 0.0455 e. The molecular formula is C8H12Cl2S. The van der Waals surface area contributed by atoms with Gasteiger partial charge in [-0.2, -0.15) is 11.8 Å². The molecule has 2 aliphatic heterocycles. The van der Waals surface area contributed by atoms with Crippen LogP contribution in [0, 0.1) is 0 Å². The molecule has 0 saturated carbocycles. The highest BCUT2D eigenvalue weighted by Crippen LogP contribution is 2.45. The Morgan fingerprint density at radius 1 is 0.818 bits per heavy atom. The molecule has 0 amide bonds. The Morgan fingerprint density at radius 3 is 1.73 bits per heavy atom. The molecule has 2 heterocycles. The van der Waals surface area contributed by atoms with Gasteiger partial charge in [0.2, 0.25) is 0 Å². The third kappa shape index (κ3) is 1.66. The van der Waals surface area contributed by atoms with E-state index >= 15 is 0 Å². The van der Waals surface area contributed by atoms with Crippen molar-refractivity contribution >= 4 is 35.0 Å². The first-order chi connectivity index (χ1) is 5.27. The predicted octanol–water partition coefficient (Wildman–Crippen LogP) is 3.26. The number of hydrogen-bond donors (Lipinski definition) is 0. The lowest BCUT2D eigenvalue weighted by Crippen LogP contribution is -2.37. The summed E-state index contributed by atoms with van der Waals surface area (Å²) >= 11 is 14.4. The first kappa shape index (κ1) is 8.52. The summed E-state index contributed by atoms with van der Waals surface area (Å²) in [6.07, 6.45) is 4.80. The molecule has 0 aromatic rings. The summed E-state index contributed by atoms with van der Waals surface area (Å²) < 4.78 is 0. The third-order valence-electron chi connectivity index (χ3n) is 2.61. The molecule has 0 nitrogen and oxygen atoms in total. The zero-order valence-electron chi connectivity index (χ0n) is 6.30. The van der Waals surface area contributed by atoms with Crippen LogP contribution in [0.3, 0.4) is 0 Å². The van der Waals surface area contributed by atoms with Gasteiger partial charge in [-0.15, -0.1) is 23.2 Å². The molecule has 0 radical (unpaired) electrons. The number of rotatable bonds is 0. The number of halogens is 2. The molecule has 0 aliphatic carbocycles. The van der Waals surface area contributed by atoms with Crippen LogP contribution in [0.4, 0.5) is 0 Å². The van der Waals surface area contributed by atoms with Crippen LogP contribution < -0.4 is 0 Å². The number of thioether (sulfide) groups is 1. The SMILES string of the molecule is ClC1CCC2SC1CCC2Cl. The van der Waals surface area contributed by atoms with Crippen molar-refractivity contribution < 1.29 is 0 Å². The van der Waals surface area contributed by atoms with Crippen LogP contribution >= 0.6 is 35.0 Å². The van der Waals surface area contributed by atoms with Crippen LogP contribution in [0.2, 0.25) is 0 Å². The maximum Gasteiger partial charge on any atom is 0.0455 e. The molecule has 4 unspecified atom stereocenters. The number of hydrogen-bond acceptors (Lipinski definition) is 1. The molecule has 0 N–H and O–H groups in total. The Labute approximate surface area is 82.0 Å². The Hall–Kier alpha value is 0.930. The molecule has 2 fully saturated rings. The van der Waals surface area contributed by atoms with Gasteiger partial charge in [0.05, 0.1) is 0 Å². The Morgan fingerprint density at radius 2 is 1.27 bits per heavy atom. The highest BCUT2D eigenvalue weighted by atomic mass is 35.5.